The van der Waals surface area contributed by atoms with Gasteiger partial charge in [-0.1, -0.05) is 18.2 Å². The van der Waals surface area contributed by atoms with E-state index in [1.165, 1.54) is 11.3 Å². The van der Waals surface area contributed by atoms with Gasteiger partial charge in [0.2, 0.25) is 0 Å². The fourth-order valence-corrected chi connectivity index (χ4v) is 5.45. The Kier molecular flexibility index (Phi) is 5.90. The van der Waals surface area contributed by atoms with Gasteiger partial charge in [-0.05, 0) is 55.5 Å². The van der Waals surface area contributed by atoms with Crippen LogP contribution in [0.2, 0.25) is 0 Å². The first-order valence-corrected chi connectivity index (χ1v) is 13.5. The molecule has 41 heavy (non-hydrogen) atoms. The van der Waals surface area contributed by atoms with Gasteiger partial charge in [-0.25, -0.2) is 9.97 Å². The molecule has 0 fully saturated rings. The lowest BCUT2D eigenvalue weighted by molar-refractivity contribution is 0.101. The van der Waals surface area contributed by atoms with Crippen LogP contribution in [0.5, 0.6) is 0 Å². The maximum atomic E-state index is 12.6. The molecule has 1 aromatic carbocycles. The van der Waals surface area contributed by atoms with Crippen LogP contribution in [0.3, 0.4) is 0 Å². The highest BCUT2D eigenvalue weighted by Crippen LogP contribution is 2.34. The molecular formula is C30H20N8O2S. The van der Waals surface area contributed by atoms with Gasteiger partial charge < -0.3 is 10.3 Å². The van der Waals surface area contributed by atoms with Crippen molar-refractivity contribution in [3.8, 4) is 33.3 Å². The van der Waals surface area contributed by atoms with E-state index in [-0.39, 0.29) is 11.7 Å². The van der Waals surface area contributed by atoms with Crippen LogP contribution in [0.15, 0.2) is 85.3 Å². The number of anilines is 1. The number of Topliss-reactive ketones (excluding diaryl/α,β-unsaturated/α-hetero) is 1. The Labute approximate surface area is 236 Å². The Morgan fingerprint density at radius 1 is 0.878 bits per heavy atom. The van der Waals surface area contributed by atoms with Crippen LogP contribution in [0.1, 0.15) is 27.0 Å². The number of nitrogens with one attached hydrogen (secondary N) is 3. The molecule has 7 aromatic rings. The van der Waals surface area contributed by atoms with Gasteiger partial charge in [0.1, 0.15) is 16.7 Å². The van der Waals surface area contributed by atoms with E-state index in [0.29, 0.717) is 50.1 Å². The van der Waals surface area contributed by atoms with E-state index >= 15 is 0 Å². The summed E-state index contributed by atoms with van der Waals surface area (Å²) < 4.78 is 0. The highest BCUT2D eigenvalue weighted by atomic mass is 32.1. The fraction of sp³-hybridized carbons (Fsp3) is 0.0333. The summed E-state index contributed by atoms with van der Waals surface area (Å²) in [7, 11) is 0. The second kappa shape index (κ2) is 9.88. The Bertz CT molecular complexity index is 2090. The molecule has 198 valence electrons. The number of hydrogen-bond donors (Lipinski definition) is 3. The smallest absolute Gasteiger partial charge is 0.255 e. The van der Waals surface area contributed by atoms with Gasteiger partial charge >= 0.3 is 0 Å². The number of imidazole rings is 1. The average molecular weight is 557 g/mol. The maximum absolute atomic E-state index is 12.6. The summed E-state index contributed by atoms with van der Waals surface area (Å²) in [5.41, 5.74) is 6.61. The van der Waals surface area contributed by atoms with Gasteiger partial charge in [0.05, 0.1) is 38.4 Å². The predicted molar refractivity (Wildman–Crippen MR) is 158 cm³/mol. The molecule has 0 radical (unpaired) electrons. The zero-order valence-corrected chi connectivity index (χ0v) is 22.4. The Hall–Kier alpha value is -5.55. The van der Waals surface area contributed by atoms with Crippen molar-refractivity contribution < 1.29 is 9.59 Å². The summed E-state index contributed by atoms with van der Waals surface area (Å²) in [4.78, 5) is 47.9. The van der Waals surface area contributed by atoms with Crippen molar-refractivity contribution in [3.05, 3.63) is 95.8 Å². The molecule has 10 nitrogen and oxygen atoms in total. The summed E-state index contributed by atoms with van der Waals surface area (Å²) in [6, 6.07) is 20.1. The second-order valence-electron chi connectivity index (χ2n) is 9.31. The molecule has 0 aliphatic carbocycles. The third-order valence-electron chi connectivity index (χ3n) is 6.55. The molecule has 0 unspecified atom stereocenters. The van der Waals surface area contributed by atoms with Gasteiger partial charge in [-0.15, -0.1) is 11.3 Å². The largest absolute Gasteiger partial charge is 0.336 e. The van der Waals surface area contributed by atoms with Crippen LogP contribution in [0, 0.1) is 0 Å². The molecule has 0 bridgehead atoms. The number of pyridine rings is 3. The first-order chi connectivity index (χ1) is 20.0. The number of aromatic nitrogens is 7. The molecule has 0 atom stereocenters. The molecule has 3 N–H and O–H groups in total. The topological polar surface area (TPSA) is 142 Å². The van der Waals surface area contributed by atoms with Crippen molar-refractivity contribution in [1.29, 1.82) is 0 Å². The number of aromatic amines is 2. The molecular weight excluding hydrogens is 536 g/mol. The number of amides is 1. The number of benzene rings is 1. The lowest BCUT2D eigenvalue weighted by Crippen LogP contribution is -2.11. The predicted octanol–water partition coefficient (Wildman–Crippen LogP) is 6.14. The summed E-state index contributed by atoms with van der Waals surface area (Å²) in [6.45, 7) is 1.55. The van der Waals surface area contributed by atoms with Gasteiger partial charge in [0.25, 0.3) is 5.91 Å². The summed E-state index contributed by atoms with van der Waals surface area (Å²) in [5, 5.41) is 10.4. The van der Waals surface area contributed by atoms with Crippen LogP contribution >= 0.6 is 11.3 Å². The Morgan fingerprint density at radius 3 is 2.56 bits per heavy atom. The third kappa shape index (κ3) is 4.53. The number of nitrogens with zero attached hydrogens (tertiary/aromatic N) is 5. The lowest BCUT2D eigenvalue weighted by atomic mass is 10.1. The quantitative estimate of drug-likeness (QED) is 0.209. The van der Waals surface area contributed by atoms with Crippen molar-refractivity contribution in [3.63, 3.8) is 0 Å². The van der Waals surface area contributed by atoms with E-state index in [9.17, 15) is 9.59 Å². The molecule has 0 spiro atoms. The Balaban J connectivity index is 1.24. The molecule has 0 aliphatic rings. The van der Waals surface area contributed by atoms with Crippen LogP contribution in [0.4, 0.5) is 5.69 Å². The molecule has 11 heteroatoms. The van der Waals surface area contributed by atoms with Crippen molar-refractivity contribution in [2.24, 2.45) is 0 Å². The van der Waals surface area contributed by atoms with E-state index in [1.54, 1.807) is 43.7 Å². The molecule has 6 aromatic heterocycles. The first kappa shape index (κ1) is 24.5. The minimum atomic E-state index is -0.219. The normalized spacial score (nSPS) is 11.2. The maximum Gasteiger partial charge on any atom is 0.255 e. The second-order valence-corrected chi connectivity index (χ2v) is 10.4. The zero-order chi connectivity index (χ0) is 27.9. The molecule has 0 saturated heterocycles. The summed E-state index contributed by atoms with van der Waals surface area (Å²) >= 11 is 1.39. The SMILES string of the molecule is CC(=O)c1ccc(-c2nccc3[nH]c(-c4n[nH]c5ccc(-c6cncc(NC(=O)c7ccccc7)c6)nc45)nc23)s1. The number of carbonyl (C=O) groups excluding carboxylic acids is 2. The summed E-state index contributed by atoms with van der Waals surface area (Å²) in [5.74, 6) is 0.333. The van der Waals surface area contributed by atoms with E-state index in [1.807, 2.05) is 48.5 Å². The fourth-order valence-electron chi connectivity index (χ4n) is 4.55. The number of carbonyl (C=O) groups is 2. The van der Waals surface area contributed by atoms with Gasteiger partial charge in [0.15, 0.2) is 17.3 Å². The zero-order valence-electron chi connectivity index (χ0n) is 21.5. The van der Waals surface area contributed by atoms with Crippen molar-refractivity contribution >= 4 is 50.8 Å². The lowest BCUT2D eigenvalue weighted by Gasteiger charge is -2.07. The molecule has 6 heterocycles. The van der Waals surface area contributed by atoms with Crippen molar-refractivity contribution in [2.75, 3.05) is 5.32 Å². The molecule has 7 rings (SSSR count). The number of ketones is 1. The Morgan fingerprint density at radius 2 is 1.73 bits per heavy atom. The summed E-state index contributed by atoms with van der Waals surface area (Å²) in [6.07, 6.45) is 5.00. The van der Waals surface area contributed by atoms with Gasteiger partial charge in [-0.2, -0.15) is 5.10 Å². The minimum absolute atomic E-state index is 0.0142. The van der Waals surface area contributed by atoms with Crippen LogP contribution in [-0.2, 0) is 0 Å². The average Bonchev–Trinajstić information content (AvgIpc) is 3.75. The third-order valence-corrected chi connectivity index (χ3v) is 7.74. The molecule has 1 amide bonds. The molecule has 0 saturated carbocycles. The molecule has 0 aliphatic heterocycles. The number of hydrogen-bond acceptors (Lipinski definition) is 8. The standard InChI is InChI=1S/C30H20N8O2S/c1-16(39)23-9-10-24(41-23)27-25-21(11-12-32-27)35-29(36-25)28-26-22(37-38-28)8-7-20(34-26)18-13-19(15-31-14-18)33-30(40)17-5-3-2-4-6-17/h2-15H,1H3,(H,33,40)(H,35,36)(H,37,38). The van der Waals surface area contributed by atoms with E-state index < -0.39 is 0 Å². The first-order valence-electron chi connectivity index (χ1n) is 12.7. The van der Waals surface area contributed by atoms with E-state index in [4.69, 9.17) is 9.97 Å². The number of rotatable bonds is 6. The van der Waals surface area contributed by atoms with Crippen molar-refractivity contribution in [2.45, 2.75) is 6.92 Å². The van der Waals surface area contributed by atoms with E-state index in [2.05, 4.69) is 30.5 Å². The number of H-pyrrole nitrogens is 2. The van der Waals surface area contributed by atoms with Crippen LogP contribution in [-0.4, -0.2) is 46.8 Å². The van der Waals surface area contributed by atoms with E-state index in [0.717, 1.165) is 21.5 Å². The minimum Gasteiger partial charge on any atom is -0.336 e. The van der Waals surface area contributed by atoms with Gasteiger partial charge in [-0.3, -0.25) is 24.7 Å². The number of fused-ring (bicyclic) bond motifs is 2. The highest BCUT2D eigenvalue weighted by molar-refractivity contribution is 7.17. The number of thiophene rings is 1. The van der Waals surface area contributed by atoms with Gasteiger partial charge in [0, 0.05) is 23.5 Å². The van der Waals surface area contributed by atoms with Crippen LogP contribution in [0.25, 0.3) is 55.4 Å². The highest BCUT2D eigenvalue weighted by Gasteiger charge is 2.19. The van der Waals surface area contributed by atoms with Crippen LogP contribution < -0.4 is 5.32 Å². The monoisotopic (exact) mass is 556 g/mol. The van der Waals surface area contributed by atoms with Crippen molar-refractivity contribution in [1.82, 2.24) is 35.1 Å².